The fourth-order valence-electron chi connectivity index (χ4n) is 4.39. The minimum Gasteiger partial charge on any atom is -0.378 e. The van der Waals surface area contributed by atoms with Crippen molar-refractivity contribution in [2.45, 2.75) is 76.9 Å². The molecule has 2 saturated heterocycles. The molecule has 0 aromatic rings. The fourth-order valence-corrected chi connectivity index (χ4v) is 4.39. The highest BCUT2D eigenvalue weighted by molar-refractivity contribution is 14.0. The fraction of sp³-hybridized carbons (Fsp3) is 0.900. The van der Waals surface area contributed by atoms with Crippen molar-refractivity contribution < 1.29 is 9.53 Å². The predicted molar refractivity (Wildman–Crippen MR) is 120 cm³/mol. The lowest BCUT2D eigenvalue weighted by molar-refractivity contribution is -0.135. The van der Waals surface area contributed by atoms with E-state index in [0.29, 0.717) is 18.1 Å². The lowest BCUT2D eigenvalue weighted by Gasteiger charge is -2.26. The highest BCUT2D eigenvalue weighted by Gasteiger charge is 2.31. The summed E-state index contributed by atoms with van der Waals surface area (Å²) in [7, 11) is 0. The summed E-state index contributed by atoms with van der Waals surface area (Å²) in [6.07, 6.45) is 10.6. The maximum atomic E-state index is 12.7. The molecule has 2 atom stereocenters. The second kappa shape index (κ2) is 12.1. The molecular formula is C20H37IN4O2. The smallest absolute Gasteiger partial charge is 0.225 e. The van der Waals surface area contributed by atoms with E-state index in [-0.39, 0.29) is 29.9 Å². The standard InChI is InChI=1S/C20H36N4O2.HI/c1-2-21-20(22-12-10-18-9-6-14-26-18)23-17-11-13-24(15-17)19(25)16-7-4-3-5-8-16;/h16-18H,2-15H2,1H3,(H2,21,22,23);1H. The van der Waals surface area contributed by atoms with E-state index in [9.17, 15) is 4.79 Å². The first-order valence-corrected chi connectivity index (χ1v) is 10.7. The van der Waals surface area contributed by atoms with Gasteiger partial charge in [-0.2, -0.15) is 0 Å². The average Bonchev–Trinajstić information content (AvgIpc) is 3.34. The van der Waals surface area contributed by atoms with E-state index >= 15 is 0 Å². The van der Waals surface area contributed by atoms with E-state index in [2.05, 4.69) is 22.5 Å². The Kier molecular flexibility index (Phi) is 10.2. The van der Waals surface area contributed by atoms with Crippen molar-refractivity contribution >= 4 is 35.8 Å². The van der Waals surface area contributed by atoms with Crippen molar-refractivity contribution in [1.29, 1.82) is 0 Å². The Morgan fingerprint density at radius 3 is 2.67 bits per heavy atom. The Hall–Kier alpha value is -0.570. The van der Waals surface area contributed by atoms with Crippen molar-refractivity contribution in [2.75, 3.05) is 32.8 Å². The maximum absolute atomic E-state index is 12.7. The van der Waals surface area contributed by atoms with Gasteiger partial charge in [0.2, 0.25) is 5.91 Å². The molecular weight excluding hydrogens is 455 g/mol. The molecule has 0 aromatic heterocycles. The van der Waals surface area contributed by atoms with Crippen LogP contribution >= 0.6 is 24.0 Å². The second-order valence-corrected chi connectivity index (χ2v) is 7.93. The number of rotatable bonds is 6. The summed E-state index contributed by atoms with van der Waals surface area (Å²) in [6.45, 7) is 6.32. The average molecular weight is 492 g/mol. The molecule has 27 heavy (non-hydrogen) atoms. The molecule has 7 heteroatoms. The highest BCUT2D eigenvalue weighted by Crippen LogP contribution is 2.26. The summed E-state index contributed by atoms with van der Waals surface area (Å²) < 4.78 is 5.67. The van der Waals surface area contributed by atoms with Crippen LogP contribution in [0.15, 0.2) is 4.99 Å². The van der Waals surface area contributed by atoms with Gasteiger partial charge in [-0.3, -0.25) is 9.79 Å². The van der Waals surface area contributed by atoms with Gasteiger partial charge in [0.1, 0.15) is 0 Å². The number of nitrogens with zero attached hydrogens (tertiary/aromatic N) is 2. The molecule has 3 rings (SSSR count). The number of nitrogens with one attached hydrogen (secondary N) is 2. The zero-order valence-electron chi connectivity index (χ0n) is 16.8. The Bertz CT molecular complexity index is 477. The molecule has 1 saturated carbocycles. The molecule has 1 amide bonds. The van der Waals surface area contributed by atoms with Gasteiger partial charge in [-0.05, 0) is 45.4 Å². The largest absolute Gasteiger partial charge is 0.378 e. The lowest BCUT2D eigenvalue weighted by atomic mass is 9.88. The third-order valence-electron chi connectivity index (χ3n) is 5.88. The number of carbonyl (C=O) groups is 1. The normalized spacial score (nSPS) is 26.7. The predicted octanol–water partition coefficient (Wildman–Crippen LogP) is 2.91. The number of aliphatic imine (C=N–C) groups is 1. The van der Waals surface area contributed by atoms with Gasteiger partial charge in [-0.15, -0.1) is 24.0 Å². The van der Waals surface area contributed by atoms with Crippen LogP contribution in [0.4, 0.5) is 0 Å². The van der Waals surface area contributed by atoms with Crippen LogP contribution in [0.1, 0.15) is 64.7 Å². The first-order chi connectivity index (χ1) is 12.8. The van der Waals surface area contributed by atoms with Gasteiger partial charge in [-0.25, -0.2) is 0 Å². The summed E-state index contributed by atoms with van der Waals surface area (Å²) >= 11 is 0. The van der Waals surface area contributed by atoms with Crippen molar-refractivity contribution in [3.63, 3.8) is 0 Å². The molecule has 156 valence electrons. The van der Waals surface area contributed by atoms with Gasteiger partial charge in [0.25, 0.3) is 0 Å². The van der Waals surface area contributed by atoms with E-state index in [1.807, 2.05) is 0 Å². The Morgan fingerprint density at radius 1 is 1.15 bits per heavy atom. The number of halogens is 1. The summed E-state index contributed by atoms with van der Waals surface area (Å²) in [5, 5.41) is 6.87. The van der Waals surface area contributed by atoms with Crippen LogP contribution in [0.25, 0.3) is 0 Å². The summed E-state index contributed by atoms with van der Waals surface area (Å²) in [5.41, 5.74) is 0. The Labute approximate surface area is 181 Å². The maximum Gasteiger partial charge on any atom is 0.225 e. The topological polar surface area (TPSA) is 66.0 Å². The number of hydrogen-bond acceptors (Lipinski definition) is 3. The van der Waals surface area contributed by atoms with Crippen LogP contribution < -0.4 is 10.6 Å². The Balaban J connectivity index is 0.00000261. The third kappa shape index (κ3) is 7.07. The number of carbonyl (C=O) groups excluding carboxylic acids is 1. The van der Waals surface area contributed by atoms with Crippen LogP contribution in [-0.4, -0.2) is 61.7 Å². The first-order valence-electron chi connectivity index (χ1n) is 10.7. The van der Waals surface area contributed by atoms with Crippen LogP contribution in [0.5, 0.6) is 0 Å². The van der Waals surface area contributed by atoms with Gasteiger partial charge in [0.15, 0.2) is 5.96 Å². The van der Waals surface area contributed by atoms with Crippen molar-refractivity contribution in [3.8, 4) is 0 Å². The number of ether oxygens (including phenoxy) is 1. The zero-order chi connectivity index (χ0) is 18.2. The lowest BCUT2D eigenvalue weighted by Crippen LogP contribution is -2.45. The number of hydrogen-bond donors (Lipinski definition) is 2. The first kappa shape index (κ1) is 22.7. The molecule has 2 aliphatic heterocycles. The summed E-state index contributed by atoms with van der Waals surface area (Å²) in [4.78, 5) is 19.5. The van der Waals surface area contributed by atoms with E-state index in [1.165, 1.54) is 32.1 Å². The number of likely N-dealkylation sites (tertiary alicyclic amines) is 1. The summed E-state index contributed by atoms with van der Waals surface area (Å²) in [5.74, 6) is 1.53. The highest BCUT2D eigenvalue weighted by atomic mass is 127. The Morgan fingerprint density at radius 2 is 1.96 bits per heavy atom. The molecule has 2 heterocycles. The van der Waals surface area contributed by atoms with Crippen LogP contribution in [0, 0.1) is 5.92 Å². The van der Waals surface area contributed by atoms with Crippen molar-refractivity contribution in [1.82, 2.24) is 15.5 Å². The molecule has 3 aliphatic rings. The van der Waals surface area contributed by atoms with Gasteiger partial charge in [0.05, 0.1) is 6.10 Å². The van der Waals surface area contributed by atoms with Gasteiger partial charge in [0, 0.05) is 44.7 Å². The van der Waals surface area contributed by atoms with E-state index in [0.717, 1.165) is 64.4 Å². The van der Waals surface area contributed by atoms with Crippen molar-refractivity contribution in [3.05, 3.63) is 0 Å². The van der Waals surface area contributed by atoms with E-state index in [1.54, 1.807) is 0 Å². The molecule has 3 fully saturated rings. The molecule has 2 N–H and O–H groups in total. The monoisotopic (exact) mass is 492 g/mol. The third-order valence-corrected chi connectivity index (χ3v) is 5.88. The SMILES string of the molecule is CCNC(=NCCC1CCCO1)NC1CCN(C(=O)C2CCCCC2)C1.I. The molecule has 6 nitrogen and oxygen atoms in total. The van der Waals surface area contributed by atoms with Gasteiger partial charge < -0.3 is 20.3 Å². The molecule has 0 aromatic carbocycles. The minimum absolute atomic E-state index is 0. The zero-order valence-corrected chi connectivity index (χ0v) is 19.1. The van der Waals surface area contributed by atoms with Crippen LogP contribution in [0.2, 0.25) is 0 Å². The number of guanidine groups is 1. The quantitative estimate of drug-likeness (QED) is 0.340. The van der Waals surface area contributed by atoms with Gasteiger partial charge in [-0.1, -0.05) is 19.3 Å². The molecule has 0 bridgehead atoms. The molecule has 0 spiro atoms. The van der Waals surface area contributed by atoms with Crippen LogP contribution in [0.3, 0.4) is 0 Å². The van der Waals surface area contributed by atoms with Crippen LogP contribution in [-0.2, 0) is 9.53 Å². The second-order valence-electron chi connectivity index (χ2n) is 7.93. The molecule has 2 unspecified atom stereocenters. The van der Waals surface area contributed by atoms with E-state index < -0.39 is 0 Å². The minimum atomic E-state index is 0. The summed E-state index contributed by atoms with van der Waals surface area (Å²) in [6, 6.07) is 0.308. The molecule has 1 aliphatic carbocycles. The molecule has 0 radical (unpaired) electrons. The van der Waals surface area contributed by atoms with E-state index in [4.69, 9.17) is 9.73 Å². The number of amides is 1. The van der Waals surface area contributed by atoms with Crippen molar-refractivity contribution in [2.24, 2.45) is 10.9 Å². The van der Waals surface area contributed by atoms with Gasteiger partial charge >= 0.3 is 0 Å².